The molecular weight excluding hydrogens is 279 g/mol. The number of nitrogens with zero attached hydrogens (tertiary/aromatic N) is 1. The summed E-state index contributed by atoms with van der Waals surface area (Å²) in [6.45, 7) is 1.82. The molecule has 0 saturated heterocycles. The molecule has 15 heavy (non-hydrogen) atoms. The highest BCUT2D eigenvalue weighted by atomic mass is 79.9. The number of nitrogens with one attached hydrogen (secondary N) is 1. The maximum Gasteiger partial charge on any atom is 0.285 e. The van der Waals surface area contributed by atoms with E-state index in [-0.39, 0.29) is 5.56 Å². The minimum Gasteiger partial charge on any atom is -0.294 e. The monoisotopic (exact) mass is 286 g/mol. The van der Waals surface area contributed by atoms with Gasteiger partial charge in [0.05, 0.1) is 10.7 Å². The van der Waals surface area contributed by atoms with Crippen molar-refractivity contribution in [1.29, 1.82) is 0 Å². The van der Waals surface area contributed by atoms with Crippen LogP contribution in [0, 0.1) is 6.92 Å². The molecule has 0 spiro atoms. The third-order valence-electron chi connectivity index (χ3n) is 2.09. The normalized spacial score (nSPS) is 10.6. The molecule has 0 aliphatic rings. The Morgan fingerprint density at radius 1 is 1.40 bits per heavy atom. The zero-order valence-corrected chi connectivity index (χ0v) is 10.3. The Labute approximate surface area is 99.8 Å². The number of aryl methyl sites for hydroxylation is 1. The fourth-order valence-electron chi connectivity index (χ4n) is 1.33. The predicted octanol–water partition coefficient (Wildman–Crippen LogP) is 2.89. The van der Waals surface area contributed by atoms with Crippen LogP contribution in [0.25, 0.3) is 5.69 Å². The van der Waals surface area contributed by atoms with Gasteiger partial charge in [-0.2, -0.15) is 0 Å². The van der Waals surface area contributed by atoms with E-state index in [1.54, 1.807) is 12.1 Å². The van der Waals surface area contributed by atoms with Gasteiger partial charge in [0.2, 0.25) is 0 Å². The number of aromatic nitrogens is 2. The number of hydrogen-bond donors (Lipinski definition) is 1. The Hall–Kier alpha value is -1.00. The summed E-state index contributed by atoms with van der Waals surface area (Å²) in [5.41, 5.74) is 1.29. The van der Waals surface area contributed by atoms with E-state index in [2.05, 4.69) is 21.0 Å². The molecule has 1 N–H and O–H groups in total. The summed E-state index contributed by atoms with van der Waals surface area (Å²) in [4.78, 5) is 11.8. The number of benzene rings is 1. The Kier molecular flexibility index (Phi) is 2.71. The molecule has 0 radical (unpaired) electrons. The first-order valence-electron chi connectivity index (χ1n) is 4.33. The summed E-state index contributed by atoms with van der Waals surface area (Å²) in [6.07, 6.45) is 0. The van der Waals surface area contributed by atoms with Gasteiger partial charge in [-0.05, 0) is 35.0 Å². The van der Waals surface area contributed by atoms with Crippen LogP contribution in [0.1, 0.15) is 5.69 Å². The summed E-state index contributed by atoms with van der Waals surface area (Å²) < 4.78 is 1.95. The van der Waals surface area contributed by atoms with E-state index in [1.165, 1.54) is 4.68 Å². The Morgan fingerprint density at radius 2 is 2.07 bits per heavy atom. The lowest BCUT2D eigenvalue weighted by molar-refractivity contribution is 0.835. The summed E-state index contributed by atoms with van der Waals surface area (Å²) in [5.74, 6) is 0. The fraction of sp³-hybridized carbons (Fsp3) is 0.100. The largest absolute Gasteiger partial charge is 0.294 e. The highest BCUT2D eigenvalue weighted by Gasteiger charge is 2.11. The molecule has 0 saturated carbocycles. The van der Waals surface area contributed by atoms with Crippen LogP contribution in [0.2, 0.25) is 5.02 Å². The molecule has 78 valence electrons. The summed E-state index contributed by atoms with van der Waals surface area (Å²) in [5, 5.41) is 3.48. The zero-order valence-electron chi connectivity index (χ0n) is 7.92. The van der Waals surface area contributed by atoms with E-state index >= 15 is 0 Å². The average Bonchev–Trinajstić information content (AvgIpc) is 2.47. The van der Waals surface area contributed by atoms with Crippen LogP contribution < -0.4 is 5.56 Å². The molecule has 0 atom stereocenters. The summed E-state index contributed by atoms with van der Waals surface area (Å²) >= 11 is 9.21. The van der Waals surface area contributed by atoms with Crippen molar-refractivity contribution in [1.82, 2.24) is 9.78 Å². The second-order valence-electron chi connectivity index (χ2n) is 3.14. The molecule has 1 aromatic carbocycles. The van der Waals surface area contributed by atoms with Gasteiger partial charge in [-0.15, -0.1) is 0 Å². The Morgan fingerprint density at radius 3 is 2.60 bits per heavy atom. The van der Waals surface area contributed by atoms with Crippen molar-refractivity contribution in [2.24, 2.45) is 0 Å². The maximum atomic E-state index is 11.8. The highest BCUT2D eigenvalue weighted by Crippen LogP contribution is 2.19. The Bertz CT molecular complexity index is 559. The molecule has 5 heteroatoms. The molecule has 0 amide bonds. The second kappa shape index (κ2) is 3.87. The molecule has 0 aliphatic heterocycles. The standard InChI is InChI=1S/C10H8BrClN2O/c1-6-9(11)10(15)14(13-6)8-5-3-2-4-7(8)12/h2-5,13H,1H3. The van der Waals surface area contributed by atoms with Crippen LogP contribution >= 0.6 is 27.5 Å². The van der Waals surface area contributed by atoms with E-state index in [0.29, 0.717) is 15.2 Å². The van der Waals surface area contributed by atoms with Gasteiger partial charge in [-0.25, -0.2) is 4.68 Å². The molecular formula is C10H8BrClN2O. The minimum absolute atomic E-state index is 0.138. The van der Waals surface area contributed by atoms with Gasteiger partial charge < -0.3 is 0 Å². The first-order chi connectivity index (χ1) is 7.11. The van der Waals surface area contributed by atoms with Gasteiger partial charge in [0, 0.05) is 5.69 Å². The molecule has 0 bridgehead atoms. The van der Waals surface area contributed by atoms with Gasteiger partial charge in [-0.3, -0.25) is 9.89 Å². The molecule has 3 nitrogen and oxygen atoms in total. The number of para-hydroxylation sites is 1. The number of halogens is 2. The molecule has 0 aliphatic carbocycles. The number of aromatic amines is 1. The molecule has 1 aromatic heterocycles. The summed E-state index contributed by atoms with van der Waals surface area (Å²) in [7, 11) is 0. The topological polar surface area (TPSA) is 37.8 Å². The lowest BCUT2D eigenvalue weighted by Crippen LogP contribution is -2.14. The Balaban J connectivity index is 2.70. The molecule has 0 fully saturated rings. The van der Waals surface area contributed by atoms with E-state index in [9.17, 15) is 4.79 Å². The maximum absolute atomic E-state index is 11.8. The van der Waals surface area contributed by atoms with Crippen molar-refractivity contribution in [3.8, 4) is 5.69 Å². The van der Waals surface area contributed by atoms with E-state index < -0.39 is 0 Å². The first-order valence-corrected chi connectivity index (χ1v) is 5.50. The highest BCUT2D eigenvalue weighted by molar-refractivity contribution is 9.10. The van der Waals surface area contributed by atoms with Crippen molar-refractivity contribution in [3.05, 3.63) is 49.8 Å². The van der Waals surface area contributed by atoms with E-state index in [0.717, 1.165) is 5.69 Å². The third kappa shape index (κ3) is 1.75. The first kappa shape index (κ1) is 10.5. The van der Waals surface area contributed by atoms with Gasteiger partial charge in [0.15, 0.2) is 0 Å². The van der Waals surface area contributed by atoms with Crippen LogP contribution in [0.15, 0.2) is 33.5 Å². The zero-order chi connectivity index (χ0) is 11.0. The van der Waals surface area contributed by atoms with Crippen LogP contribution in [-0.2, 0) is 0 Å². The predicted molar refractivity (Wildman–Crippen MR) is 63.8 cm³/mol. The quantitative estimate of drug-likeness (QED) is 0.860. The van der Waals surface area contributed by atoms with Gasteiger partial charge >= 0.3 is 0 Å². The van der Waals surface area contributed by atoms with Gasteiger partial charge in [0.25, 0.3) is 5.56 Å². The van der Waals surface area contributed by atoms with Crippen molar-refractivity contribution in [3.63, 3.8) is 0 Å². The van der Waals surface area contributed by atoms with E-state index in [1.807, 2.05) is 19.1 Å². The van der Waals surface area contributed by atoms with Crippen molar-refractivity contribution in [2.45, 2.75) is 6.92 Å². The number of H-pyrrole nitrogens is 1. The molecule has 2 aromatic rings. The van der Waals surface area contributed by atoms with Crippen molar-refractivity contribution < 1.29 is 0 Å². The molecule has 2 rings (SSSR count). The minimum atomic E-state index is -0.138. The van der Waals surface area contributed by atoms with Crippen molar-refractivity contribution in [2.75, 3.05) is 0 Å². The van der Waals surface area contributed by atoms with Gasteiger partial charge in [0.1, 0.15) is 4.47 Å². The molecule has 0 unspecified atom stereocenters. The third-order valence-corrected chi connectivity index (χ3v) is 3.35. The smallest absolute Gasteiger partial charge is 0.285 e. The second-order valence-corrected chi connectivity index (χ2v) is 4.34. The molecule has 1 heterocycles. The van der Waals surface area contributed by atoms with Crippen molar-refractivity contribution >= 4 is 27.5 Å². The lowest BCUT2D eigenvalue weighted by atomic mass is 10.3. The van der Waals surface area contributed by atoms with Gasteiger partial charge in [-0.1, -0.05) is 23.7 Å². The lowest BCUT2D eigenvalue weighted by Gasteiger charge is -2.02. The number of rotatable bonds is 1. The van der Waals surface area contributed by atoms with Crippen LogP contribution in [-0.4, -0.2) is 9.78 Å². The average molecular weight is 288 g/mol. The van der Waals surface area contributed by atoms with Crippen LogP contribution in [0.4, 0.5) is 0 Å². The summed E-state index contributed by atoms with van der Waals surface area (Å²) in [6, 6.07) is 7.18. The fourth-order valence-corrected chi connectivity index (χ4v) is 1.82. The SMILES string of the molecule is Cc1[nH]n(-c2ccccc2Cl)c(=O)c1Br. The van der Waals surface area contributed by atoms with Crippen LogP contribution in [0.5, 0.6) is 0 Å². The van der Waals surface area contributed by atoms with Crippen LogP contribution in [0.3, 0.4) is 0 Å². The number of hydrogen-bond acceptors (Lipinski definition) is 1. The van der Waals surface area contributed by atoms with E-state index in [4.69, 9.17) is 11.6 Å².